The molecule has 3 aromatic rings. The summed E-state index contributed by atoms with van der Waals surface area (Å²) in [6.45, 7) is 0.208. The van der Waals surface area contributed by atoms with Gasteiger partial charge < -0.3 is 10.1 Å². The van der Waals surface area contributed by atoms with Crippen molar-refractivity contribution in [1.82, 2.24) is 4.90 Å². The van der Waals surface area contributed by atoms with Gasteiger partial charge in [0.1, 0.15) is 16.8 Å². The van der Waals surface area contributed by atoms with Crippen molar-refractivity contribution in [3.05, 3.63) is 89.2 Å². The molecule has 0 spiro atoms. The van der Waals surface area contributed by atoms with E-state index in [9.17, 15) is 14.0 Å². The molecule has 0 aromatic heterocycles. The Morgan fingerprint density at radius 2 is 1.85 bits per heavy atom. The number of para-hydroxylation sites is 1. The van der Waals surface area contributed by atoms with E-state index in [2.05, 4.69) is 10.3 Å². The second kappa shape index (κ2) is 10.7. The smallest absolute Gasteiger partial charge is 0.238 e. The fourth-order valence-corrected chi connectivity index (χ4v) is 4.59. The van der Waals surface area contributed by atoms with Gasteiger partial charge >= 0.3 is 0 Å². The zero-order valence-corrected chi connectivity index (χ0v) is 19.8. The van der Waals surface area contributed by atoms with Crippen LogP contribution in [-0.2, 0) is 16.1 Å². The monoisotopic (exact) mass is 497 g/mol. The lowest BCUT2D eigenvalue weighted by Gasteiger charge is -2.32. The molecule has 4 rings (SSSR count). The zero-order chi connectivity index (χ0) is 24.1. The number of rotatable bonds is 6. The number of halogens is 2. The highest BCUT2D eigenvalue weighted by Gasteiger charge is 2.36. The summed E-state index contributed by atoms with van der Waals surface area (Å²) >= 11 is 7.36. The van der Waals surface area contributed by atoms with Crippen molar-refractivity contribution in [2.75, 3.05) is 12.4 Å². The standard InChI is InChI=1S/C25H21ClFN3O3S/c1-33-19-12-10-18(11-13-19)28-25-30(15-16-6-8-17(27)9-7-16)23(31)14-22(34-25)24(32)29-21-5-3-2-4-20(21)26/h2-13,22H,14-15H2,1H3,(H,29,32). The van der Waals surface area contributed by atoms with Crippen molar-refractivity contribution in [3.8, 4) is 5.75 Å². The highest BCUT2D eigenvalue weighted by atomic mass is 35.5. The Labute approximate surface area is 205 Å². The van der Waals surface area contributed by atoms with E-state index in [0.29, 0.717) is 27.3 Å². The van der Waals surface area contributed by atoms with Gasteiger partial charge in [0, 0.05) is 6.42 Å². The number of nitrogens with one attached hydrogen (secondary N) is 1. The number of amides is 2. The van der Waals surface area contributed by atoms with E-state index in [1.165, 1.54) is 28.8 Å². The van der Waals surface area contributed by atoms with Crippen LogP contribution in [-0.4, -0.2) is 34.2 Å². The lowest BCUT2D eigenvalue weighted by Crippen LogP contribution is -2.44. The van der Waals surface area contributed by atoms with Crippen LogP contribution in [0.2, 0.25) is 5.02 Å². The third-order valence-electron chi connectivity index (χ3n) is 5.11. The fourth-order valence-electron chi connectivity index (χ4n) is 3.31. The Kier molecular flexibility index (Phi) is 7.49. The fraction of sp³-hybridized carbons (Fsp3) is 0.160. The first-order valence-corrected chi connectivity index (χ1v) is 11.7. The molecule has 0 radical (unpaired) electrons. The van der Waals surface area contributed by atoms with Crippen LogP contribution in [0.5, 0.6) is 5.75 Å². The van der Waals surface area contributed by atoms with Crippen LogP contribution >= 0.6 is 23.4 Å². The number of thioether (sulfide) groups is 1. The van der Waals surface area contributed by atoms with Crippen molar-refractivity contribution >= 4 is 51.7 Å². The molecule has 2 amide bonds. The number of hydrogen-bond acceptors (Lipinski definition) is 5. The van der Waals surface area contributed by atoms with Crippen LogP contribution in [0.4, 0.5) is 15.8 Å². The van der Waals surface area contributed by atoms with E-state index in [1.807, 2.05) is 0 Å². The van der Waals surface area contributed by atoms with Crippen LogP contribution in [0.3, 0.4) is 0 Å². The molecule has 0 saturated carbocycles. The summed E-state index contributed by atoms with van der Waals surface area (Å²) in [5.74, 6) is -0.270. The molecule has 1 N–H and O–H groups in total. The molecule has 1 fully saturated rings. The SMILES string of the molecule is COc1ccc(N=C2SC(C(=O)Nc3ccccc3Cl)CC(=O)N2Cc2ccc(F)cc2)cc1. The predicted octanol–water partition coefficient (Wildman–Crippen LogP) is 5.65. The summed E-state index contributed by atoms with van der Waals surface area (Å²) in [5.41, 5.74) is 1.83. The van der Waals surface area contributed by atoms with Crippen molar-refractivity contribution in [2.45, 2.75) is 18.2 Å². The van der Waals surface area contributed by atoms with Gasteiger partial charge in [0.05, 0.1) is 30.1 Å². The summed E-state index contributed by atoms with van der Waals surface area (Å²) in [6.07, 6.45) is -0.0101. The van der Waals surface area contributed by atoms with Gasteiger partial charge in [-0.2, -0.15) is 0 Å². The van der Waals surface area contributed by atoms with Gasteiger partial charge in [-0.05, 0) is 54.1 Å². The minimum Gasteiger partial charge on any atom is -0.497 e. The number of aliphatic imine (C=N–C) groups is 1. The molecule has 1 saturated heterocycles. The Morgan fingerprint density at radius 1 is 1.15 bits per heavy atom. The van der Waals surface area contributed by atoms with Gasteiger partial charge in [-0.25, -0.2) is 9.38 Å². The average Bonchev–Trinajstić information content (AvgIpc) is 2.84. The van der Waals surface area contributed by atoms with Crippen LogP contribution < -0.4 is 10.1 Å². The first-order chi connectivity index (χ1) is 16.4. The molecular formula is C25H21ClFN3O3S. The van der Waals surface area contributed by atoms with E-state index in [0.717, 1.165) is 5.56 Å². The van der Waals surface area contributed by atoms with Crippen LogP contribution in [0, 0.1) is 5.82 Å². The van der Waals surface area contributed by atoms with Gasteiger partial charge in [-0.1, -0.05) is 47.6 Å². The number of amidine groups is 1. The number of methoxy groups -OCH3 is 1. The largest absolute Gasteiger partial charge is 0.497 e. The zero-order valence-electron chi connectivity index (χ0n) is 18.2. The maximum absolute atomic E-state index is 13.3. The maximum atomic E-state index is 13.3. The Hall–Kier alpha value is -3.36. The first kappa shape index (κ1) is 23.8. The van der Waals surface area contributed by atoms with Crippen LogP contribution in [0.25, 0.3) is 0 Å². The summed E-state index contributed by atoms with van der Waals surface area (Å²) in [7, 11) is 1.57. The molecule has 1 heterocycles. The normalized spacial score (nSPS) is 17.0. The quantitative estimate of drug-likeness (QED) is 0.478. The molecule has 9 heteroatoms. The average molecular weight is 498 g/mol. The van der Waals surface area contributed by atoms with E-state index in [-0.39, 0.29) is 30.6 Å². The summed E-state index contributed by atoms with van der Waals surface area (Å²) < 4.78 is 18.5. The van der Waals surface area contributed by atoms with Crippen molar-refractivity contribution in [3.63, 3.8) is 0 Å². The molecule has 1 unspecified atom stereocenters. The molecule has 1 aliphatic heterocycles. The Morgan fingerprint density at radius 3 is 2.53 bits per heavy atom. The third-order valence-corrected chi connectivity index (χ3v) is 6.63. The van der Waals surface area contributed by atoms with Crippen molar-refractivity contribution < 1.29 is 18.7 Å². The molecule has 34 heavy (non-hydrogen) atoms. The second-order valence-corrected chi connectivity index (χ2v) is 9.06. The number of benzene rings is 3. The maximum Gasteiger partial charge on any atom is 0.238 e. The predicted molar refractivity (Wildman–Crippen MR) is 133 cm³/mol. The Bertz CT molecular complexity index is 1220. The van der Waals surface area contributed by atoms with Gasteiger partial charge in [-0.15, -0.1) is 0 Å². The van der Waals surface area contributed by atoms with E-state index < -0.39 is 5.25 Å². The first-order valence-electron chi connectivity index (χ1n) is 10.4. The van der Waals surface area contributed by atoms with Gasteiger partial charge in [0.25, 0.3) is 0 Å². The van der Waals surface area contributed by atoms with E-state index in [1.54, 1.807) is 67.8 Å². The van der Waals surface area contributed by atoms with E-state index in [4.69, 9.17) is 16.3 Å². The van der Waals surface area contributed by atoms with Gasteiger partial charge in [0.15, 0.2) is 5.17 Å². The third kappa shape index (κ3) is 5.76. The summed E-state index contributed by atoms with van der Waals surface area (Å²) in [5, 5.41) is 2.90. The number of ether oxygens (including phenoxy) is 1. The van der Waals surface area contributed by atoms with Crippen LogP contribution in [0.1, 0.15) is 12.0 Å². The topological polar surface area (TPSA) is 71.0 Å². The number of hydrogen-bond donors (Lipinski definition) is 1. The molecular weight excluding hydrogens is 477 g/mol. The van der Waals surface area contributed by atoms with Crippen LogP contribution in [0.15, 0.2) is 77.8 Å². The number of nitrogens with zero attached hydrogens (tertiary/aromatic N) is 2. The van der Waals surface area contributed by atoms with Gasteiger partial charge in [0.2, 0.25) is 11.8 Å². The molecule has 3 aromatic carbocycles. The molecule has 0 bridgehead atoms. The van der Waals surface area contributed by atoms with Crippen molar-refractivity contribution in [1.29, 1.82) is 0 Å². The highest BCUT2D eigenvalue weighted by Crippen LogP contribution is 2.32. The molecule has 174 valence electrons. The molecule has 1 atom stereocenters. The number of anilines is 1. The summed E-state index contributed by atoms with van der Waals surface area (Å²) in [6, 6.07) is 19.9. The number of carbonyl (C=O) groups excluding carboxylic acids is 2. The lowest BCUT2D eigenvalue weighted by molar-refractivity contribution is -0.129. The molecule has 6 nitrogen and oxygen atoms in total. The number of carbonyl (C=O) groups is 2. The minimum atomic E-state index is -0.690. The van der Waals surface area contributed by atoms with Crippen molar-refractivity contribution in [2.24, 2.45) is 4.99 Å². The lowest BCUT2D eigenvalue weighted by atomic mass is 10.2. The molecule has 1 aliphatic rings. The molecule has 0 aliphatic carbocycles. The second-order valence-electron chi connectivity index (χ2n) is 7.48. The summed E-state index contributed by atoms with van der Waals surface area (Å²) in [4.78, 5) is 32.3. The Balaban J connectivity index is 1.61. The van der Waals surface area contributed by atoms with Gasteiger partial charge in [-0.3, -0.25) is 14.5 Å². The highest BCUT2D eigenvalue weighted by molar-refractivity contribution is 8.15. The minimum absolute atomic E-state index is 0.0101. The van der Waals surface area contributed by atoms with E-state index >= 15 is 0 Å².